The maximum atomic E-state index is 15.4. The Balaban J connectivity index is 0.000000345. The average Bonchev–Trinajstić information content (AvgIpc) is 3.26. The molecule has 6 aromatic carbocycles. The molecule has 0 atom stereocenters. The van der Waals surface area contributed by atoms with Gasteiger partial charge in [-0.25, -0.2) is 87.8 Å². The summed E-state index contributed by atoms with van der Waals surface area (Å²) in [6.45, 7) is 0.410. The molecule has 336 valence electrons. The van der Waals surface area contributed by atoms with Crippen LogP contribution < -0.4 is 21.9 Å². The highest BCUT2D eigenvalue weighted by Gasteiger charge is 2.52. The number of halogens is 20. The van der Waals surface area contributed by atoms with E-state index >= 15 is 35.1 Å². The van der Waals surface area contributed by atoms with Crippen molar-refractivity contribution in [3.63, 3.8) is 0 Å². The molecule has 0 aliphatic heterocycles. The van der Waals surface area contributed by atoms with E-state index in [1.54, 1.807) is 0 Å². The average molecular weight is 942 g/mol. The zero-order valence-electron chi connectivity index (χ0n) is 30.5. The fourth-order valence-corrected chi connectivity index (χ4v) is 8.60. The predicted molar refractivity (Wildman–Crippen MR) is 188 cm³/mol. The van der Waals surface area contributed by atoms with Gasteiger partial charge in [-0.05, 0) is 27.7 Å². The lowest BCUT2D eigenvalue weighted by Crippen LogP contribution is -2.81. The smallest absolute Gasteiger partial charge is 0.200 e. The molecule has 0 spiro atoms. The van der Waals surface area contributed by atoms with Crippen molar-refractivity contribution < 1.29 is 98.0 Å². The fraction of sp³-hybridized carbons (Fsp3) is 0.128. The molecule has 24 heteroatoms. The summed E-state index contributed by atoms with van der Waals surface area (Å²) < 4.78 is 294. The molecular formula is C39H19BF20O2S. The van der Waals surface area contributed by atoms with Crippen molar-refractivity contribution in [1.82, 2.24) is 0 Å². The van der Waals surface area contributed by atoms with Crippen LogP contribution in [0.25, 0.3) is 10.8 Å². The number of aliphatic hydroxyl groups is 2. The molecule has 0 radical (unpaired) electrons. The zero-order chi connectivity index (χ0) is 47.2. The SMILES string of the molecule is Fc1c(F)c(F)c([B-](c2c(F)c(F)c(F)c(F)c2F)(c2c(F)c(F)c(F)c(F)c2F)c2c(F)c(F)c(F)c(F)c2F)c(F)c1F.OCC[S+](CCO)Cc1ccc2ccccc2c1. The minimum Gasteiger partial charge on any atom is -0.391 e. The highest BCUT2D eigenvalue weighted by molar-refractivity contribution is 7.96. The highest BCUT2D eigenvalue weighted by atomic mass is 32.2. The Morgan fingerprint density at radius 1 is 0.333 bits per heavy atom. The predicted octanol–water partition coefficient (Wildman–Crippen LogP) is 7.79. The Hall–Kier alpha value is -5.49. The molecular weight excluding hydrogens is 923 g/mol. The van der Waals surface area contributed by atoms with Crippen LogP contribution in [-0.4, -0.2) is 41.1 Å². The van der Waals surface area contributed by atoms with Crippen LogP contribution in [-0.2, 0) is 16.6 Å². The second-order valence-electron chi connectivity index (χ2n) is 13.1. The molecule has 2 nitrogen and oxygen atoms in total. The molecule has 0 aliphatic rings. The van der Waals surface area contributed by atoms with E-state index in [2.05, 4.69) is 30.3 Å². The monoisotopic (exact) mass is 942 g/mol. The molecule has 0 bridgehead atoms. The summed E-state index contributed by atoms with van der Waals surface area (Å²) in [6, 6.07) is 14.8. The molecule has 2 N–H and O–H groups in total. The summed E-state index contributed by atoms with van der Waals surface area (Å²) >= 11 is 0. The molecule has 0 aliphatic carbocycles. The van der Waals surface area contributed by atoms with Gasteiger partial charge in [-0.3, -0.25) is 0 Å². The summed E-state index contributed by atoms with van der Waals surface area (Å²) in [5, 5.41) is 20.6. The lowest BCUT2D eigenvalue weighted by Gasteiger charge is -2.44. The molecule has 63 heavy (non-hydrogen) atoms. The van der Waals surface area contributed by atoms with E-state index in [0.29, 0.717) is 0 Å². The first-order chi connectivity index (χ1) is 29.5. The van der Waals surface area contributed by atoms with Gasteiger partial charge in [-0.1, -0.05) is 36.4 Å². The quantitative estimate of drug-likeness (QED) is 0.0485. The number of benzene rings is 6. The van der Waals surface area contributed by atoms with Crippen LogP contribution in [0.4, 0.5) is 87.8 Å². The van der Waals surface area contributed by atoms with Crippen molar-refractivity contribution in [2.45, 2.75) is 5.75 Å². The molecule has 0 unspecified atom stereocenters. The van der Waals surface area contributed by atoms with E-state index in [-0.39, 0.29) is 24.1 Å². The molecule has 0 saturated carbocycles. The summed E-state index contributed by atoms with van der Waals surface area (Å²) in [4.78, 5) is 0. The summed E-state index contributed by atoms with van der Waals surface area (Å²) in [5.74, 6) is -68.9. The number of aliphatic hydroxyl groups excluding tert-OH is 2. The van der Waals surface area contributed by atoms with Crippen molar-refractivity contribution in [2.24, 2.45) is 0 Å². The van der Waals surface area contributed by atoms with Gasteiger partial charge in [-0.2, -0.15) is 0 Å². The van der Waals surface area contributed by atoms with Crippen LogP contribution >= 0.6 is 0 Å². The molecule has 6 rings (SSSR count). The van der Waals surface area contributed by atoms with Crippen LogP contribution in [0.15, 0.2) is 42.5 Å². The van der Waals surface area contributed by atoms with Gasteiger partial charge in [0, 0.05) is 5.56 Å². The van der Waals surface area contributed by atoms with Gasteiger partial charge in [0.25, 0.3) is 0 Å². The van der Waals surface area contributed by atoms with Crippen molar-refractivity contribution in [3.05, 3.63) is 164 Å². The Kier molecular flexibility index (Phi) is 14.4. The molecule has 6 aromatic rings. The van der Waals surface area contributed by atoms with E-state index in [0.717, 1.165) is 17.3 Å². The minimum atomic E-state index is -7.22. The number of fused-ring (bicyclic) bond motifs is 1. The third-order valence-corrected chi connectivity index (χ3v) is 11.9. The second-order valence-corrected chi connectivity index (χ2v) is 15.4. The Morgan fingerprint density at radius 2 is 0.587 bits per heavy atom. The topological polar surface area (TPSA) is 40.5 Å². The largest absolute Gasteiger partial charge is 0.391 e. The first kappa shape index (κ1) is 48.5. The van der Waals surface area contributed by atoms with Crippen LogP contribution in [0.1, 0.15) is 5.56 Å². The van der Waals surface area contributed by atoms with Crippen molar-refractivity contribution >= 4 is 49.7 Å². The molecule has 0 heterocycles. The van der Waals surface area contributed by atoms with Crippen LogP contribution in [0.3, 0.4) is 0 Å². The van der Waals surface area contributed by atoms with E-state index < -0.39 is 144 Å². The minimum absolute atomic E-state index is 0.0816. The first-order valence-corrected chi connectivity index (χ1v) is 18.8. The standard InChI is InChI=1S/C24BF20.C15H19O2S/c26-5-1(6(27)14(35)21(42)13(5)34)25(2-7(28)15(36)22(43)16(37)8(2)29,3-9(30)17(38)23(44)18(39)10(3)31)4-11(32)19(40)24(45)20(41)12(4)33;16-7-9-18(10-8-17)12-13-5-6-14-3-1-2-4-15(14)11-13/h;1-6,11,16-17H,7-10,12H2/q-1;+1. The summed E-state index contributed by atoms with van der Waals surface area (Å²) in [7, 11) is 0.0816. The zero-order valence-corrected chi connectivity index (χ0v) is 31.3. The van der Waals surface area contributed by atoms with Crippen molar-refractivity contribution in [3.8, 4) is 0 Å². The van der Waals surface area contributed by atoms with Gasteiger partial charge in [0.05, 0.1) is 13.2 Å². The number of hydrogen-bond donors (Lipinski definition) is 2. The Labute approximate surface area is 342 Å². The molecule has 0 fully saturated rings. The van der Waals surface area contributed by atoms with Crippen molar-refractivity contribution in [2.75, 3.05) is 24.7 Å². The van der Waals surface area contributed by atoms with Crippen LogP contribution in [0.5, 0.6) is 0 Å². The molecule has 0 amide bonds. The Bertz CT molecular complexity index is 2380. The summed E-state index contributed by atoms with van der Waals surface area (Å²) in [6.07, 6.45) is -7.22. The Morgan fingerprint density at radius 3 is 0.857 bits per heavy atom. The number of hydrogen-bond acceptors (Lipinski definition) is 2. The second kappa shape index (κ2) is 18.7. The van der Waals surface area contributed by atoms with E-state index in [1.807, 2.05) is 12.1 Å². The third kappa shape index (κ3) is 8.04. The van der Waals surface area contributed by atoms with E-state index in [1.165, 1.54) is 16.3 Å². The lowest BCUT2D eigenvalue weighted by atomic mass is 9.12. The van der Waals surface area contributed by atoms with E-state index in [4.69, 9.17) is 10.2 Å². The molecule has 0 saturated heterocycles. The lowest BCUT2D eigenvalue weighted by molar-refractivity contribution is 0.316. The maximum absolute atomic E-state index is 15.4. The highest BCUT2D eigenvalue weighted by Crippen LogP contribution is 2.31. The number of rotatable bonds is 10. The normalized spacial score (nSPS) is 11.8. The van der Waals surface area contributed by atoms with Gasteiger partial charge in [0.15, 0.2) is 69.8 Å². The first-order valence-electron chi connectivity index (χ1n) is 17.1. The van der Waals surface area contributed by atoms with Crippen LogP contribution in [0, 0.1) is 116 Å². The van der Waals surface area contributed by atoms with Gasteiger partial charge in [0.1, 0.15) is 69.9 Å². The van der Waals surface area contributed by atoms with Crippen LogP contribution in [0.2, 0.25) is 0 Å². The maximum Gasteiger partial charge on any atom is 0.200 e. The summed E-state index contributed by atoms with van der Waals surface area (Å²) in [5.41, 5.74) is -13.0. The van der Waals surface area contributed by atoms with Crippen molar-refractivity contribution in [1.29, 1.82) is 0 Å². The molecule has 0 aromatic heterocycles. The third-order valence-electron chi connectivity index (χ3n) is 9.65. The fourth-order valence-electron chi connectivity index (χ4n) is 6.94. The van der Waals surface area contributed by atoms with Gasteiger partial charge >= 0.3 is 0 Å². The van der Waals surface area contributed by atoms with Gasteiger partial charge in [0.2, 0.25) is 0 Å². The van der Waals surface area contributed by atoms with E-state index in [9.17, 15) is 52.7 Å². The van der Waals surface area contributed by atoms with Gasteiger partial charge < -0.3 is 10.2 Å². The van der Waals surface area contributed by atoms with Gasteiger partial charge in [-0.15, -0.1) is 21.9 Å².